The van der Waals surface area contributed by atoms with Crippen LogP contribution in [-0.4, -0.2) is 87.5 Å². The Morgan fingerprint density at radius 2 is 2.16 bits per heavy atom. The predicted octanol–water partition coefficient (Wildman–Crippen LogP) is -4.99. The molecule has 2 aliphatic heterocycles. The number of nitrogen functional groups attached to an aromatic ring is 1. The smallest absolute Gasteiger partial charge is 0.543 e. The maximum atomic E-state index is 12.6. The van der Waals surface area contributed by atoms with Crippen molar-refractivity contribution in [1.82, 2.24) is 20.1 Å². The molecule has 0 saturated carbocycles. The SMILES string of the molecule is CN(C)C(=O)OCC1=C(C(=O)[O-])N2C(=O)C(NC(=O)/C(=N\O)c3csc(N)n3)[C@@H]2SC1.[Na+]. The molecule has 0 aromatic carbocycles. The number of oxime groups is 1. The van der Waals surface area contributed by atoms with Crippen molar-refractivity contribution in [1.29, 1.82) is 0 Å². The number of carboxylic acids is 1. The van der Waals surface area contributed by atoms with Gasteiger partial charge in [-0.15, -0.1) is 23.1 Å². The van der Waals surface area contributed by atoms with Crippen molar-refractivity contribution in [2.75, 3.05) is 32.2 Å². The number of hydrogen-bond donors (Lipinski definition) is 3. The second-order valence-electron chi connectivity index (χ2n) is 6.57. The topological polar surface area (TPSA) is 191 Å². The van der Waals surface area contributed by atoms with E-state index < -0.39 is 46.7 Å². The molecule has 3 heterocycles. The van der Waals surface area contributed by atoms with E-state index in [1.807, 2.05) is 0 Å². The van der Waals surface area contributed by atoms with Gasteiger partial charge in [0.1, 0.15) is 23.7 Å². The number of nitrogens with zero attached hydrogens (tertiary/aromatic N) is 4. The third-order valence-corrected chi connectivity index (χ3v) is 6.36. The summed E-state index contributed by atoms with van der Waals surface area (Å²) in [6.07, 6.45) is -0.670. The van der Waals surface area contributed by atoms with Crippen molar-refractivity contribution in [2.24, 2.45) is 5.16 Å². The second-order valence-corrected chi connectivity index (χ2v) is 8.56. The number of amides is 3. The van der Waals surface area contributed by atoms with Gasteiger partial charge in [0.15, 0.2) is 10.8 Å². The van der Waals surface area contributed by atoms with E-state index in [4.69, 9.17) is 15.7 Å². The molecule has 1 unspecified atom stereocenters. The number of hydrogen-bond acceptors (Lipinski definition) is 12. The number of carbonyl (C=O) groups excluding carboxylic acids is 4. The zero-order valence-corrected chi connectivity index (χ0v) is 20.9. The van der Waals surface area contributed by atoms with Gasteiger partial charge in [-0.1, -0.05) is 5.16 Å². The molecule has 13 nitrogen and oxygen atoms in total. The van der Waals surface area contributed by atoms with E-state index >= 15 is 0 Å². The summed E-state index contributed by atoms with van der Waals surface area (Å²) in [5, 5.41) is 27.0. The van der Waals surface area contributed by atoms with Crippen molar-refractivity contribution in [3.05, 3.63) is 22.3 Å². The number of rotatable bonds is 6. The van der Waals surface area contributed by atoms with Crippen LogP contribution < -0.4 is 45.7 Å². The minimum atomic E-state index is -1.60. The fourth-order valence-electron chi connectivity index (χ4n) is 2.88. The second kappa shape index (κ2) is 10.5. The van der Waals surface area contributed by atoms with E-state index in [-0.39, 0.29) is 58.3 Å². The van der Waals surface area contributed by atoms with Crippen molar-refractivity contribution in [3.63, 3.8) is 0 Å². The Bertz CT molecular complexity index is 1010. The quantitative estimate of drug-likeness (QED) is 0.114. The number of nitrogens with two attached hydrogens (primary N) is 1. The maximum Gasteiger partial charge on any atom is 1.00 e. The molecule has 16 heteroatoms. The minimum Gasteiger partial charge on any atom is -0.543 e. The summed E-state index contributed by atoms with van der Waals surface area (Å²) >= 11 is 2.21. The number of thioether (sulfide) groups is 1. The van der Waals surface area contributed by atoms with Crippen LogP contribution in [0.1, 0.15) is 5.69 Å². The molecule has 4 N–H and O–H groups in total. The molecule has 0 radical (unpaired) electrons. The van der Waals surface area contributed by atoms with Gasteiger partial charge in [0.2, 0.25) is 0 Å². The number of ether oxygens (including phenoxy) is 1. The zero-order valence-electron chi connectivity index (χ0n) is 17.2. The van der Waals surface area contributed by atoms with Gasteiger partial charge in [0.25, 0.3) is 11.8 Å². The standard InChI is InChI=1S/C16H18N6O7S2.Na/c1-21(2)16(27)29-3-6-4-30-13-9(12(24)22(13)10(6)14(25)26)19-11(23)8(20-28)7-5-31-15(17)18-7;/h5,9,13,28H,3-4H2,1-2H3,(H2,17,18)(H,19,23)(H,25,26);/q;+1/p-1/b20-8-;/t9?,13-;/m0./s1. The van der Waals surface area contributed by atoms with Crippen molar-refractivity contribution in [2.45, 2.75) is 11.4 Å². The molecular weight excluding hydrogens is 475 g/mol. The molecular formula is C16H17N6NaO7S2. The Morgan fingerprint density at radius 1 is 1.47 bits per heavy atom. The van der Waals surface area contributed by atoms with Gasteiger partial charge in [-0.2, -0.15) is 0 Å². The average Bonchev–Trinajstić information content (AvgIpc) is 3.15. The van der Waals surface area contributed by atoms with Crippen LogP contribution in [0.5, 0.6) is 0 Å². The number of thiazole rings is 1. The molecule has 3 rings (SSSR count). The van der Waals surface area contributed by atoms with Crippen LogP contribution in [0.2, 0.25) is 0 Å². The summed E-state index contributed by atoms with van der Waals surface area (Å²) < 4.78 is 5.01. The van der Waals surface area contributed by atoms with Crippen LogP contribution in [0.15, 0.2) is 21.8 Å². The largest absolute Gasteiger partial charge is 1.00 e. The Hall–Kier alpha value is -2.33. The fraction of sp³-hybridized carbons (Fsp3) is 0.375. The van der Waals surface area contributed by atoms with Crippen LogP contribution in [0.4, 0.5) is 9.93 Å². The van der Waals surface area contributed by atoms with E-state index in [1.54, 1.807) is 0 Å². The fourth-order valence-corrected chi connectivity index (χ4v) is 4.75. The summed E-state index contributed by atoms with van der Waals surface area (Å²) in [7, 11) is 2.94. The van der Waals surface area contributed by atoms with Crippen LogP contribution in [0.25, 0.3) is 0 Å². The first-order valence-electron chi connectivity index (χ1n) is 8.62. The van der Waals surface area contributed by atoms with Gasteiger partial charge in [-0.05, 0) is 0 Å². The molecule has 3 amide bonds. The van der Waals surface area contributed by atoms with Crippen molar-refractivity contribution in [3.8, 4) is 0 Å². The van der Waals surface area contributed by atoms with Crippen LogP contribution >= 0.6 is 23.1 Å². The van der Waals surface area contributed by atoms with Crippen LogP contribution in [0.3, 0.4) is 0 Å². The van der Waals surface area contributed by atoms with E-state index in [0.29, 0.717) is 0 Å². The number of carboxylic acid groups (broad SMARTS) is 1. The van der Waals surface area contributed by atoms with E-state index in [9.17, 15) is 24.3 Å². The molecule has 2 atom stereocenters. The van der Waals surface area contributed by atoms with Gasteiger partial charge >= 0.3 is 35.7 Å². The Balaban J connectivity index is 0.00000363. The molecule has 1 aromatic rings. The number of carbonyl (C=O) groups is 4. The molecule has 1 saturated heterocycles. The normalized spacial score (nSPS) is 20.0. The number of anilines is 1. The number of aromatic nitrogens is 1. The molecule has 32 heavy (non-hydrogen) atoms. The third-order valence-electron chi connectivity index (χ3n) is 4.34. The van der Waals surface area contributed by atoms with Gasteiger partial charge < -0.3 is 35.8 Å². The molecule has 0 aliphatic carbocycles. The summed E-state index contributed by atoms with van der Waals surface area (Å²) in [5.41, 5.74) is 4.91. The Morgan fingerprint density at radius 3 is 2.69 bits per heavy atom. The predicted molar refractivity (Wildman–Crippen MR) is 107 cm³/mol. The molecule has 1 fully saturated rings. The number of nitrogens with one attached hydrogen (secondary N) is 1. The average molecular weight is 492 g/mol. The summed E-state index contributed by atoms with van der Waals surface area (Å²) in [6.45, 7) is -0.326. The first-order chi connectivity index (χ1) is 14.6. The van der Waals surface area contributed by atoms with E-state index in [2.05, 4.69) is 15.5 Å². The zero-order chi connectivity index (χ0) is 22.9. The van der Waals surface area contributed by atoms with E-state index in [0.717, 1.165) is 16.2 Å². The monoisotopic (exact) mass is 492 g/mol. The summed E-state index contributed by atoms with van der Waals surface area (Å²) in [6, 6.07) is -1.06. The van der Waals surface area contributed by atoms with Crippen LogP contribution in [0, 0.1) is 0 Å². The van der Waals surface area contributed by atoms with Gasteiger partial charge in [0.05, 0.1) is 11.7 Å². The molecule has 1 aromatic heterocycles. The molecule has 0 bridgehead atoms. The van der Waals surface area contributed by atoms with Crippen molar-refractivity contribution < 1.29 is 63.8 Å². The molecule has 0 spiro atoms. The first-order valence-corrected chi connectivity index (χ1v) is 10.5. The number of β-lactam (4-membered cyclic amide) rings is 1. The molecule has 2 aliphatic rings. The molecule has 166 valence electrons. The maximum absolute atomic E-state index is 12.6. The summed E-state index contributed by atoms with van der Waals surface area (Å²) in [5.74, 6) is -3.05. The first kappa shape index (κ1) is 25.9. The van der Waals surface area contributed by atoms with Crippen molar-refractivity contribution >= 4 is 57.8 Å². The van der Waals surface area contributed by atoms with Gasteiger partial charge in [0, 0.05) is 30.8 Å². The number of fused-ring (bicyclic) bond motifs is 1. The Labute approximate surface area is 211 Å². The summed E-state index contributed by atoms with van der Waals surface area (Å²) in [4.78, 5) is 54.4. The third kappa shape index (κ3) is 5.01. The Kier molecular flexibility index (Phi) is 8.53. The van der Waals surface area contributed by atoms with E-state index in [1.165, 1.54) is 36.1 Å². The van der Waals surface area contributed by atoms with Gasteiger partial charge in [-0.25, -0.2) is 9.78 Å². The van der Waals surface area contributed by atoms with Crippen LogP contribution in [-0.2, 0) is 19.1 Å². The van der Waals surface area contributed by atoms with Gasteiger partial charge in [-0.3, -0.25) is 14.5 Å². The minimum absolute atomic E-state index is 0. The number of aliphatic carboxylic acids is 1.